The number of aromatic nitrogens is 2. The third kappa shape index (κ3) is 2.03. The summed E-state index contributed by atoms with van der Waals surface area (Å²) in [5, 5.41) is 13.6. The van der Waals surface area contributed by atoms with E-state index in [1.54, 1.807) is 24.3 Å². The van der Waals surface area contributed by atoms with Gasteiger partial charge in [0.05, 0.1) is 18.9 Å². The van der Waals surface area contributed by atoms with Crippen LogP contribution in [0.5, 0.6) is 11.5 Å². The van der Waals surface area contributed by atoms with Gasteiger partial charge in [0.2, 0.25) is 5.82 Å². The molecule has 1 aromatic carbocycles. The van der Waals surface area contributed by atoms with Crippen molar-refractivity contribution in [3.63, 3.8) is 0 Å². The van der Waals surface area contributed by atoms with Crippen LogP contribution in [-0.2, 0) is 0 Å². The third-order valence-electron chi connectivity index (χ3n) is 2.60. The van der Waals surface area contributed by atoms with Crippen LogP contribution < -0.4 is 4.74 Å². The van der Waals surface area contributed by atoms with Gasteiger partial charge in [0.25, 0.3) is 5.89 Å². The number of nitrogens with zero attached hydrogens (tertiary/aromatic N) is 2. The van der Waals surface area contributed by atoms with Gasteiger partial charge in [0, 0.05) is 0 Å². The minimum atomic E-state index is 0.0374. The van der Waals surface area contributed by atoms with Crippen LogP contribution in [0.3, 0.4) is 0 Å². The summed E-state index contributed by atoms with van der Waals surface area (Å²) >= 11 is 0. The van der Waals surface area contributed by atoms with Crippen molar-refractivity contribution in [2.75, 3.05) is 7.11 Å². The molecule has 96 valence electrons. The Balaban J connectivity index is 2.03. The summed E-state index contributed by atoms with van der Waals surface area (Å²) in [4.78, 5) is 4.17. The first-order valence-corrected chi connectivity index (χ1v) is 5.53. The van der Waals surface area contributed by atoms with Gasteiger partial charge in [-0.3, -0.25) is 0 Å². The first-order chi connectivity index (χ1) is 9.28. The molecule has 0 atom stereocenters. The zero-order valence-corrected chi connectivity index (χ0v) is 10.0. The highest BCUT2D eigenvalue weighted by atomic mass is 16.5. The van der Waals surface area contributed by atoms with Gasteiger partial charge in [0.1, 0.15) is 11.5 Å². The number of benzene rings is 1. The molecule has 0 aliphatic carbocycles. The van der Waals surface area contributed by atoms with E-state index in [9.17, 15) is 5.11 Å². The van der Waals surface area contributed by atoms with Gasteiger partial charge in [-0.2, -0.15) is 4.98 Å². The van der Waals surface area contributed by atoms with Crippen LogP contribution in [-0.4, -0.2) is 22.4 Å². The molecule has 1 N–H and O–H groups in total. The number of phenolic OH excluding ortho intramolecular Hbond substituents is 1. The number of phenols is 1. The van der Waals surface area contributed by atoms with Crippen LogP contribution in [0.4, 0.5) is 0 Å². The number of ether oxygens (including phenoxy) is 1. The van der Waals surface area contributed by atoms with Crippen molar-refractivity contribution in [2.45, 2.75) is 0 Å². The average molecular weight is 258 g/mol. The Morgan fingerprint density at radius 1 is 1.26 bits per heavy atom. The number of rotatable bonds is 3. The predicted octanol–water partition coefficient (Wildman–Crippen LogP) is 2.71. The minimum absolute atomic E-state index is 0.0374. The predicted molar refractivity (Wildman–Crippen MR) is 65.7 cm³/mol. The molecule has 6 heteroatoms. The van der Waals surface area contributed by atoms with Gasteiger partial charge in [-0.25, -0.2) is 0 Å². The molecule has 0 radical (unpaired) electrons. The number of methoxy groups -OCH3 is 1. The van der Waals surface area contributed by atoms with E-state index in [0.717, 1.165) is 0 Å². The van der Waals surface area contributed by atoms with Crippen molar-refractivity contribution in [3.8, 4) is 34.5 Å². The lowest BCUT2D eigenvalue weighted by Crippen LogP contribution is -1.85. The van der Waals surface area contributed by atoms with E-state index in [4.69, 9.17) is 13.7 Å². The van der Waals surface area contributed by atoms with Crippen LogP contribution in [0.2, 0.25) is 0 Å². The van der Waals surface area contributed by atoms with Crippen LogP contribution in [0.15, 0.2) is 45.5 Å². The van der Waals surface area contributed by atoms with Gasteiger partial charge >= 0.3 is 0 Å². The summed E-state index contributed by atoms with van der Waals surface area (Å²) in [6, 6.07) is 8.22. The molecular formula is C13H10N2O4. The van der Waals surface area contributed by atoms with E-state index in [-0.39, 0.29) is 11.6 Å². The van der Waals surface area contributed by atoms with E-state index in [2.05, 4.69) is 10.1 Å². The highest BCUT2D eigenvalue weighted by molar-refractivity contribution is 5.65. The average Bonchev–Trinajstić information content (AvgIpc) is 3.10. The Hall–Kier alpha value is -2.76. The second kappa shape index (κ2) is 4.49. The fraction of sp³-hybridized carbons (Fsp3) is 0.0769. The topological polar surface area (TPSA) is 81.5 Å². The second-order valence-electron chi connectivity index (χ2n) is 3.78. The summed E-state index contributed by atoms with van der Waals surface area (Å²) < 4.78 is 15.4. The van der Waals surface area contributed by atoms with E-state index in [1.165, 1.54) is 19.4 Å². The highest BCUT2D eigenvalue weighted by Crippen LogP contribution is 2.32. The van der Waals surface area contributed by atoms with Crippen LogP contribution in [0.25, 0.3) is 23.0 Å². The molecule has 0 saturated heterocycles. The van der Waals surface area contributed by atoms with Gasteiger partial charge in [-0.05, 0) is 30.3 Å². The number of aromatic hydroxyl groups is 1. The lowest BCUT2D eigenvalue weighted by molar-refractivity contribution is 0.408. The molecule has 0 aliphatic rings. The van der Waals surface area contributed by atoms with Crippen molar-refractivity contribution in [1.82, 2.24) is 10.1 Å². The Bertz CT molecular complexity index is 688. The minimum Gasteiger partial charge on any atom is -0.507 e. The molecular weight excluding hydrogens is 248 g/mol. The van der Waals surface area contributed by atoms with E-state index >= 15 is 0 Å². The molecule has 6 nitrogen and oxygen atoms in total. The Labute approximate surface area is 108 Å². The first-order valence-electron chi connectivity index (χ1n) is 5.53. The monoisotopic (exact) mass is 258 g/mol. The quantitative estimate of drug-likeness (QED) is 0.777. The molecule has 0 amide bonds. The van der Waals surface area contributed by atoms with E-state index < -0.39 is 0 Å². The maximum atomic E-state index is 9.82. The lowest BCUT2D eigenvalue weighted by Gasteiger charge is -2.02. The van der Waals surface area contributed by atoms with Crippen LogP contribution in [0, 0.1) is 0 Å². The van der Waals surface area contributed by atoms with Gasteiger partial charge in [-0.15, -0.1) is 0 Å². The fourth-order valence-corrected chi connectivity index (χ4v) is 1.65. The molecule has 19 heavy (non-hydrogen) atoms. The number of furan rings is 1. The lowest BCUT2D eigenvalue weighted by atomic mass is 10.2. The van der Waals surface area contributed by atoms with Gasteiger partial charge in [0.15, 0.2) is 5.76 Å². The standard InChI is InChI=1S/C13H10N2O4/c1-17-8-4-5-10(16)9(7-8)13-14-12(15-19-13)11-3-2-6-18-11/h2-7,16H,1H3. The molecule has 0 spiro atoms. The molecule has 0 unspecified atom stereocenters. The SMILES string of the molecule is COc1ccc(O)c(-c2nc(-c3ccco3)no2)c1. The van der Waals surface area contributed by atoms with Crippen LogP contribution in [0.1, 0.15) is 0 Å². The summed E-state index contributed by atoms with van der Waals surface area (Å²) in [6.45, 7) is 0. The van der Waals surface area contributed by atoms with Crippen molar-refractivity contribution in [1.29, 1.82) is 0 Å². The van der Waals surface area contributed by atoms with Gasteiger partial charge < -0.3 is 18.8 Å². The maximum absolute atomic E-state index is 9.82. The zero-order chi connectivity index (χ0) is 13.2. The second-order valence-corrected chi connectivity index (χ2v) is 3.78. The van der Waals surface area contributed by atoms with E-state index in [0.29, 0.717) is 22.9 Å². The smallest absolute Gasteiger partial charge is 0.262 e. The Kier molecular flexibility index (Phi) is 2.68. The number of hydrogen-bond donors (Lipinski definition) is 1. The molecule has 2 heterocycles. The molecule has 0 fully saturated rings. The van der Waals surface area contributed by atoms with Crippen molar-refractivity contribution in [3.05, 3.63) is 36.6 Å². The third-order valence-corrected chi connectivity index (χ3v) is 2.60. The maximum Gasteiger partial charge on any atom is 0.262 e. The number of hydrogen-bond acceptors (Lipinski definition) is 6. The molecule has 3 rings (SSSR count). The summed E-state index contributed by atoms with van der Waals surface area (Å²) in [6.07, 6.45) is 1.52. The molecule has 0 aliphatic heterocycles. The zero-order valence-electron chi connectivity index (χ0n) is 10.0. The molecule has 0 saturated carbocycles. The molecule has 2 aromatic heterocycles. The first kappa shape index (κ1) is 11.3. The van der Waals surface area contributed by atoms with E-state index in [1.807, 2.05) is 0 Å². The molecule has 0 bridgehead atoms. The normalized spacial score (nSPS) is 10.6. The van der Waals surface area contributed by atoms with Crippen molar-refractivity contribution < 1.29 is 18.8 Å². The Morgan fingerprint density at radius 2 is 2.16 bits per heavy atom. The van der Waals surface area contributed by atoms with Crippen molar-refractivity contribution >= 4 is 0 Å². The van der Waals surface area contributed by atoms with Crippen LogP contribution >= 0.6 is 0 Å². The molecule has 3 aromatic rings. The summed E-state index contributed by atoms with van der Waals surface area (Å²) in [7, 11) is 1.54. The highest BCUT2D eigenvalue weighted by Gasteiger charge is 2.16. The summed E-state index contributed by atoms with van der Waals surface area (Å²) in [5.74, 6) is 1.64. The van der Waals surface area contributed by atoms with Crippen molar-refractivity contribution in [2.24, 2.45) is 0 Å². The largest absolute Gasteiger partial charge is 0.507 e. The Morgan fingerprint density at radius 3 is 2.89 bits per heavy atom. The fourth-order valence-electron chi connectivity index (χ4n) is 1.65. The summed E-state index contributed by atoms with van der Waals surface area (Å²) in [5.41, 5.74) is 0.407. The van der Waals surface area contributed by atoms with Gasteiger partial charge in [-0.1, -0.05) is 5.16 Å².